The summed E-state index contributed by atoms with van der Waals surface area (Å²) >= 11 is 0. The van der Waals surface area contributed by atoms with Gasteiger partial charge < -0.3 is 10.1 Å². The zero-order valence-electron chi connectivity index (χ0n) is 11.6. The molecule has 1 atom stereocenters. The minimum Gasteiger partial charge on any atom is -0.381 e. The first-order chi connectivity index (χ1) is 9.92. The third-order valence-electron chi connectivity index (χ3n) is 3.79. The Balaban J connectivity index is 1.72. The van der Waals surface area contributed by atoms with E-state index < -0.39 is 0 Å². The molecule has 3 rings (SSSR count). The van der Waals surface area contributed by atoms with Crippen molar-refractivity contribution in [2.75, 3.05) is 13.2 Å². The maximum atomic E-state index is 5.44. The van der Waals surface area contributed by atoms with E-state index >= 15 is 0 Å². The molecule has 0 spiro atoms. The average molecular weight is 271 g/mol. The number of nitrogens with one attached hydrogen (secondary N) is 1. The Morgan fingerprint density at radius 1 is 1.20 bits per heavy atom. The second kappa shape index (κ2) is 6.68. The molecule has 1 fully saturated rings. The first kappa shape index (κ1) is 13.3. The molecule has 4 nitrogen and oxygen atoms in total. The van der Waals surface area contributed by atoms with Crippen LogP contribution < -0.4 is 5.32 Å². The van der Waals surface area contributed by atoms with Gasteiger partial charge in [-0.3, -0.25) is 4.68 Å². The van der Waals surface area contributed by atoms with E-state index in [9.17, 15) is 0 Å². The lowest BCUT2D eigenvalue weighted by atomic mass is 10.0. The van der Waals surface area contributed by atoms with Gasteiger partial charge in [0.15, 0.2) is 0 Å². The summed E-state index contributed by atoms with van der Waals surface area (Å²) in [5.41, 5.74) is 1.31. The molecule has 0 unspecified atom stereocenters. The molecule has 2 aromatic rings. The van der Waals surface area contributed by atoms with Crippen molar-refractivity contribution in [1.82, 2.24) is 15.1 Å². The Bertz CT molecular complexity index is 492. The first-order valence-electron chi connectivity index (χ1n) is 7.28. The normalized spacial score (nSPS) is 18.0. The van der Waals surface area contributed by atoms with Crippen LogP contribution in [0, 0.1) is 0 Å². The zero-order chi connectivity index (χ0) is 13.6. The van der Waals surface area contributed by atoms with Gasteiger partial charge in [-0.15, -0.1) is 0 Å². The Morgan fingerprint density at radius 2 is 2.00 bits per heavy atom. The summed E-state index contributed by atoms with van der Waals surface area (Å²) in [6, 6.07) is 13.4. The summed E-state index contributed by atoms with van der Waals surface area (Å²) in [4.78, 5) is 0. The van der Waals surface area contributed by atoms with Gasteiger partial charge in [0.2, 0.25) is 0 Å². The van der Waals surface area contributed by atoms with Gasteiger partial charge in [-0.2, -0.15) is 5.10 Å². The van der Waals surface area contributed by atoms with Gasteiger partial charge in [0.25, 0.3) is 0 Å². The summed E-state index contributed by atoms with van der Waals surface area (Å²) in [5.74, 6) is 0. The van der Waals surface area contributed by atoms with Gasteiger partial charge in [0.05, 0.1) is 12.6 Å². The van der Waals surface area contributed by atoms with E-state index in [0.717, 1.165) is 32.6 Å². The van der Waals surface area contributed by atoms with Crippen LogP contribution in [0.4, 0.5) is 0 Å². The molecule has 1 aliphatic rings. The van der Waals surface area contributed by atoms with Gasteiger partial charge in [0, 0.05) is 31.6 Å². The number of ether oxygens (including phenoxy) is 1. The van der Waals surface area contributed by atoms with Crippen LogP contribution in [0.5, 0.6) is 0 Å². The Morgan fingerprint density at radius 3 is 2.70 bits per heavy atom. The second-order valence-corrected chi connectivity index (χ2v) is 5.24. The maximum absolute atomic E-state index is 5.44. The number of benzene rings is 1. The lowest BCUT2D eigenvalue weighted by molar-refractivity contribution is 0.0739. The number of hydrogen-bond donors (Lipinski definition) is 1. The molecule has 106 valence electrons. The SMILES string of the molecule is c1ccc([C@H](Cn2cccn2)NC2CCOCC2)cc1. The highest BCUT2D eigenvalue weighted by Gasteiger charge is 2.19. The van der Waals surface area contributed by atoms with E-state index in [-0.39, 0.29) is 0 Å². The zero-order valence-corrected chi connectivity index (χ0v) is 11.6. The quantitative estimate of drug-likeness (QED) is 0.907. The Hall–Kier alpha value is -1.65. The van der Waals surface area contributed by atoms with Crippen LogP contribution in [0.3, 0.4) is 0 Å². The highest BCUT2D eigenvalue weighted by molar-refractivity contribution is 5.19. The third kappa shape index (κ3) is 3.46. The molecule has 2 heterocycles. The molecule has 1 saturated heterocycles. The smallest absolute Gasteiger partial charge is 0.0604 e. The monoisotopic (exact) mass is 271 g/mol. The summed E-state index contributed by atoms with van der Waals surface area (Å²) in [7, 11) is 0. The van der Waals surface area contributed by atoms with Crippen LogP contribution in [0.25, 0.3) is 0 Å². The van der Waals surface area contributed by atoms with E-state index in [1.165, 1.54) is 5.56 Å². The van der Waals surface area contributed by atoms with Crippen LogP contribution in [0.15, 0.2) is 48.8 Å². The summed E-state index contributed by atoms with van der Waals surface area (Å²) in [5, 5.41) is 8.10. The van der Waals surface area contributed by atoms with E-state index in [0.29, 0.717) is 12.1 Å². The van der Waals surface area contributed by atoms with Crippen molar-refractivity contribution in [3.8, 4) is 0 Å². The molecule has 0 aliphatic carbocycles. The fourth-order valence-corrected chi connectivity index (χ4v) is 2.68. The predicted molar refractivity (Wildman–Crippen MR) is 78.4 cm³/mol. The molecule has 20 heavy (non-hydrogen) atoms. The molecule has 0 amide bonds. The number of nitrogens with zero attached hydrogens (tertiary/aromatic N) is 2. The van der Waals surface area contributed by atoms with Gasteiger partial charge >= 0.3 is 0 Å². The number of rotatable bonds is 5. The maximum Gasteiger partial charge on any atom is 0.0604 e. The number of aromatic nitrogens is 2. The van der Waals surface area contributed by atoms with Gasteiger partial charge in [-0.25, -0.2) is 0 Å². The second-order valence-electron chi connectivity index (χ2n) is 5.24. The minimum atomic E-state index is 0.291. The van der Waals surface area contributed by atoms with Crippen molar-refractivity contribution in [1.29, 1.82) is 0 Å². The van der Waals surface area contributed by atoms with Crippen LogP contribution >= 0.6 is 0 Å². The molecular weight excluding hydrogens is 250 g/mol. The highest BCUT2D eigenvalue weighted by Crippen LogP contribution is 2.18. The Labute approximate surface area is 119 Å². The molecule has 1 aliphatic heterocycles. The molecule has 0 bridgehead atoms. The third-order valence-corrected chi connectivity index (χ3v) is 3.79. The van der Waals surface area contributed by atoms with Crippen LogP contribution in [-0.2, 0) is 11.3 Å². The fraction of sp³-hybridized carbons (Fsp3) is 0.438. The largest absolute Gasteiger partial charge is 0.381 e. The fourth-order valence-electron chi connectivity index (χ4n) is 2.68. The van der Waals surface area contributed by atoms with Gasteiger partial charge in [-0.1, -0.05) is 30.3 Å². The van der Waals surface area contributed by atoms with Gasteiger partial charge in [-0.05, 0) is 24.5 Å². The molecule has 4 heteroatoms. The molecule has 0 saturated carbocycles. The molecule has 0 radical (unpaired) electrons. The standard InChI is InChI=1S/C16H21N3O/c1-2-5-14(6-3-1)16(13-19-10-4-9-17-19)18-15-7-11-20-12-8-15/h1-6,9-10,15-16,18H,7-8,11-13H2/t16-/m0/s1. The van der Waals surface area contributed by atoms with Crippen LogP contribution in [-0.4, -0.2) is 29.0 Å². The van der Waals surface area contributed by atoms with Crippen molar-refractivity contribution in [2.45, 2.75) is 31.5 Å². The predicted octanol–water partition coefficient (Wildman–Crippen LogP) is 2.39. The van der Waals surface area contributed by atoms with Crippen molar-refractivity contribution in [3.05, 3.63) is 54.4 Å². The number of hydrogen-bond acceptors (Lipinski definition) is 3. The van der Waals surface area contributed by atoms with Crippen molar-refractivity contribution < 1.29 is 4.74 Å². The topological polar surface area (TPSA) is 39.1 Å². The lowest BCUT2D eigenvalue weighted by Crippen LogP contribution is -2.39. The molecule has 1 N–H and O–H groups in total. The van der Waals surface area contributed by atoms with Gasteiger partial charge in [0.1, 0.15) is 0 Å². The summed E-state index contributed by atoms with van der Waals surface area (Å²) < 4.78 is 7.43. The van der Waals surface area contributed by atoms with Crippen molar-refractivity contribution in [3.63, 3.8) is 0 Å². The average Bonchev–Trinajstić information content (AvgIpc) is 3.02. The van der Waals surface area contributed by atoms with Crippen LogP contribution in [0.2, 0.25) is 0 Å². The molecule has 1 aromatic carbocycles. The van der Waals surface area contributed by atoms with E-state index in [1.54, 1.807) is 0 Å². The molecular formula is C16H21N3O. The molecule has 1 aromatic heterocycles. The van der Waals surface area contributed by atoms with Crippen molar-refractivity contribution >= 4 is 0 Å². The summed E-state index contributed by atoms with van der Waals surface area (Å²) in [6.45, 7) is 2.58. The van der Waals surface area contributed by atoms with Crippen molar-refractivity contribution in [2.24, 2.45) is 0 Å². The van der Waals surface area contributed by atoms with E-state index in [1.807, 2.05) is 23.1 Å². The Kier molecular flexibility index (Phi) is 4.46. The highest BCUT2D eigenvalue weighted by atomic mass is 16.5. The summed E-state index contributed by atoms with van der Waals surface area (Å²) in [6.07, 6.45) is 6.02. The van der Waals surface area contributed by atoms with Crippen LogP contribution in [0.1, 0.15) is 24.4 Å². The van der Waals surface area contributed by atoms with E-state index in [2.05, 4.69) is 40.7 Å². The minimum absolute atomic E-state index is 0.291. The van der Waals surface area contributed by atoms with E-state index in [4.69, 9.17) is 4.74 Å². The lowest BCUT2D eigenvalue weighted by Gasteiger charge is -2.29. The first-order valence-corrected chi connectivity index (χ1v) is 7.28.